The first kappa shape index (κ1) is 28.2. The summed E-state index contributed by atoms with van der Waals surface area (Å²) in [4.78, 5) is 46.2. The van der Waals surface area contributed by atoms with Gasteiger partial charge in [-0.3, -0.25) is 19.3 Å². The topological polar surface area (TPSA) is 88.7 Å². The Kier molecular flexibility index (Phi) is 6.80. The molecule has 6 unspecified atom stereocenters. The largest absolute Gasteiger partial charge is 0.497 e. The lowest BCUT2D eigenvalue weighted by atomic mass is 9.68. The SMILES string of the molecule is COc1ccc(N2C(=O)C3C4CC(C3C2=O)C2C4Sc3[nH]c(=O)sc3[C@@H]2c2cc(Br)ccc2OCc2cccc(C)c2)cc1. The number of aryl methyl sites for hydroxylation is 1. The predicted octanol–water partition coefficient (Wildman–Crippen LogP) is 6.77. The van der Waals surface area contributed by atoms with Gasteiger partial charge in [0.05, 0.1) is 29.7 Å². The number of imide groups is 1. The molecule has 3 aromatic carbocycles. The smallest absolute Gasteiger partial charge is 0.305 e. The van der Waals surface area contributed by atoms with Gasteiger partial charge in [-0.2, -0.15) is 0 Å². The highest BCUT2D eigenvalue weighted by Gasteiger charge is 2.69. The Labute approximate surface area is 271 Å². The third-order valence-electron chi connectivity index (χ3n) is 9.84. The number of thioether (sulfide) groups is 1. The van der Waals surface area contributed by atoms with E-state index in [0.29, 0.717) is 18.0 Å². The van der Waals surface area contributed by atoms with Crippen LogP contribution in [0.3, 0.4) is 0 Å². The maximum Gasteiger partial charge on any atom is 0.305 e. The molecule has 2 aliphatic carbocycles. The van der Waals surface area contributed by atoms with Crippen molar-refractivity contribution < 1.29 is 19.1 Å². The number of H-pyrrole nitrogens is 1. The number of carbonyl (C=O) groups is 2. The van der Waals surface area contributed by atoms with Gasteiger partial charge in [0.1, 0.15) is 18.1 Å². The molecular formula is C34H29BrN2O5S2. The highest BCUT2D eigenvalue weighted by atomic mass is 79.9. The second-order valence-corrected chi connectivity index (χ2v) is 15.2. The number of rotatable bonds is 6. The molecule has 8 rings (SSSR count). The second-order valence-electron chi connectivity index (χ2n) is 12.1. The van der Waals surface area contributed by atoms with Crippen molar-refractivity contribution in [2.75, 3.05) is 12.0 Å². The van der Waals surface area contributed by atoms with E-state index in [1.54, 1.807) is 43.1 Å². The van der Waals surface area contributed by atoms with E-state index in [0.717, 1.165) is 37.7 Å². The van der Waals surface area contributed by atoms with Gasteiger partial charge >= 0.3 is 4.87 Å². The van der Waals surface area contributed by atoms with Crippen molar-refractivity contribution in [3.05, 3.63) is 102 Å². The van der Waals surface area contributed by atoms with Crippen molar-refractivity contribution in [2.24, 2.45) is 29.6 Å². The summed E-state index contributed by atoms with van der Waals surface area (Å²) in [5.41, 5.74) is 3.85. The zero-order chi connectivity index (χ0) is 30.3. The van der Waals surface area contributed by atoms with Crippen molar-refractivity contribution >= 4 is 56.5 Å². The molecule has 2 aliphatic heterocycles. The average Bonchev–Trinajstić information content (AvgIpc) is 3.75. The first-order valence-electron chi connectivity index (χ1n) is 14.7. The Bertz CT molecular complexity index is 1870. The minimum Gasteiger partial charge on any atom is -0.497 e. The minimum atomic E-state index is -0.375. The molecule has 4 aromatic rings. The van der Waals surface area contributed by atoms with Crippen molar-refractivity contribution in [1.82, 2.24) is 4.98 Å². The zero-order valence-electron chi connectivity index (χ0n) is 24.0. The highest BCUT2D eigenvalue weighted by Crippen LogP contribution is 2.69. The first-order valence-corrected chi connectivity index (χ1v) is 17.2. The number of fused-ring (bicyclic) bond motifs is 9. The number of aromatic amines is 1. The number of nitrogens with zero attached hydrogens (tertiary/aromatic N) is 1. The number of aromatic nitrogens is 1. The van der Waals surface area contributed by atoms with E-state index < -0.39 is 0 Å². The lowest BCUT2D eigenvalue weighted by molar-refractivity contribution is -0.123. The number of hydrogen-bond donors (Lipinski definition) is 1. The van der Waals surface area contributed by atoms with E-state index in [2.05, 4.69) is 52.1 Å². The summed E-state index contributed by atoms with van der Waals surface area (Å²) >= 11 is 6.63. The third-order valence-corrected chi connectivity index (χ3v) is 12.9. The lowest BCUT2D eigenvalue weighted by Gasteiger charge is -2.43. The predicted molar refractivity (Wildman–Crippen MR) is 174 cm³/mol. The molecular weight excluding hydrogens is 660 g/mol. The summed E-state index contributed by atoms with van der Waals surface area (Å²) in [5, 5.41) is 0.976. The van der Waals surface area contributed by atoms with Crippen LogP contribution >= 0.6 is 39.0 Å². The maximum absolute atomic E-state index is 14.1. The van der Waals surface area contributed by atoms with Gasteiger partial charge in [-0.15, -0.1) is 11.8 Å². The molecule has 0 radical (unpaired) electrons. The van der Waals surface area contributed by atoms with Crippen LogP contribution in [0, 0.1) is 36.5 Å². The summed E-state index contributed by atoms with van der Waals surface area (Å²) in [6.45, 7) is 2.49. The van der Waals surface area contributed by atoms with Crippen LogP contribution in [-0.4, -0.2) is 29.2 Å². The third kappa shape index (κ3) is 4.32. The number of hydrogen-bond acceptors (Lipinski definition) is 7. The summed E-state index contributed by atoms with van der Waals surface area (Å²) in [6, 6.07) is 21.5. The van der Waals surface area contributed by atoms with E-state index in [-0.39, 0.29) is 57.4 Å². The normalized spacial score (nSPS) is 28.2. The van der Waals surface area contributed by atoms with E-state index in [1.165, 1.54) is 21.8 Å². The quantitative estimate of drug-likeness (QED) is 0.225. The Morgan fingerprint density at radius 2 is 1.75 bits per heavy atom. The molecule has 1 saturated heterocycles. The van der Waals surface area contributed by atoms with Crippen LogP contribution in [0.5, 0.6) is 11.5 Å². The number of amides is 2. The maximum atomic E-state index is 14.1. The van der Waals surface area contributed by atoms with Gasteiger partial charge in [-0.1, -0.05) is 57.1 Å². The molecule has 2 bridgehead atoms. The molecule has 4 aliphatic rings. The van der Waals surface area contributed by atoms with E-state index >= 15 is 0 Å². The molecule has 2 amide bonds. The molecule has 1 aromatic heterocycles. The molecule has 1 N–H and O–H groups in total. The van der Waals surface area contributed by atoms with Gasteiger partial charge in [-0.25, -0.2) is 0 Å². The lowest BCUT2D eigenvalue weighted by Crippen LogP contribution is -2.42. The number of anilines is 1. The van der Waals surface area contributed by atoms with Crippen LogP contribution in [0.4, 0.5) is 5.69 Å². The van der Waals surface area contributed by atoms with Crippen molar-refractivity contribution in [3.8, 4) is 11.5 Å². The molecule has 3 heterocycles. The Balaban J connectivity index is 1.19. The monoisotopic (exact) mass is 688 g/mol. The van der Waals surface area contributed by atoms with Crippen molar-refractivity contribution in [1.29, 1.82) is 0 Å². The van der Waals surface area contributed by atoms with E-state index in [9.17, 15) is 14.4 Å². The van der Waals surface area contributed by atoms with Gasteiger partial charge in [0, 0.05) is 26.1 Å². The summed E-state index contributed by atoms with van der Waals surface area (Å²) in [7, 11) is 1.59. The van der Waals surface area contributed by atoms with Crippen molar-refractivity contribution in [3.63, 3.8) is 0 Å². The fourth-order valence-corrected chi connectivity index (χ4v) is 11.5. The standard InChI is InChI=1S/C34H29BrN2O5S2/c1-16-4-3-5-17(12-16)15-42-24-11-6-18(35)13-21(24)25-26-22-14-23(29(26)43-31-30(25)44-34(40)36-31)28-27(22)32(38)37(33(28)39)19-7-9-20(41-2)10-8-19/h3-13,22-23,25-29H,14-15H2,1-2H3,(H,36,40)/t22?,23?,25-,26?,27?,28?,29?/m1/s1. The number of halogens is 1. The number of ether oxygens (including phenoxy) is 2. The average molecular weight is 690 g/mol. The van der Waals surface area contributed by atoms with Gasteiger partial charge < -0.3 is 14.5 Å². The molecule has 44 heavy (non-hydrogen) atoms. The first-order chi connectivity index (χ1) is 21.3. The van der Waals surface area contributed by atoms with Crippen LogP contribution in [0.15, 0.2) is 81.0 Å². The fraction of sp³-hybridized carbons (Fsp3) is 0.324. The molecule has 0 spiro atoms. The minimum absolute atomic E-state index is 0.0150. The second kappa shape index (κ2) is 10.6. The highest BCUT2D eigenvalue weighted by molar-refractivity contribution is 9.10. The van der Waals surface area contributed by atoms with Crippen molar-refractivity contribution in [2.45, 2.75) is 36.1 Å². The number of thiazole rings is 1. The molecule has 224 valence electrons. The van der Waals surface area contributed by atoms with E-state index in [4.69, 9.17) is 9.47 Å². The number of benzene rings is 3. The van der Waals surface area contributed by atoms with Crippen LogP contribution in [0.1, 0.15) is 33.9 Å². The molecule has 10 heteroatoms. The van der Waals surface area contributed by atoms with E-state index in [1.807, 2.05) is 18.2 Å². The number of nitrogens with one attached hydrogen (secondary N) is 1. The van der Waals surface area contributed by atoms with Gasteiger partial charge in [0.15, 0.2) is 0 Å². The van der Waals surface area contributed by atoms with Gasteiger partial charge in [0.25, 0.3) is 0 Å². The van der Waals surface area contributed by atoms with Crippen LogP contribution in [0.2, 0.25) is 0 Å². The van der Waals surface area contributed by atoms with Gasteiger partial charge in [-0.05, 0) is 79.1 Å². The number of carbonyl (C=O) groups excluding carboxylic acids is 2. The molecule has 2 saturated carbocycles. The van der Waals surface area contributed by atoms with Crippen LogP contribution in [0.25, 0.3) is 0 Å². The molecule has 3 fully saturated rings. The van der Waals surface area contributed by atoms with Crippen LogP contribution < -0.4 is 19.2 Å². The summed E-state index contributed by atoms with van der Waals surface area (Å²) < 4.78 is 12.7. The summed E-state index contributed by atoms with van der Waals surface area (Å²) in [6.07, 6.45) is 0.828. The molecule has 7 atom stereocenters. The van der Waals surface area contributed by atoms with Crippen LogP contribution in [-0.2, 0) is 16.2 Å². The Morgan fingerprint density at radius 1 is 0.977 bits per heavy atom. The van der Waals surface area contributed by atoms with Gasteiger partial charge in [0.2, 0.25) is 11.8 Å². The fourth-order valence-electron chi connectivity index (χ4n) is 8.21. The summed E-state index contributed by atoms with van der Waals surface area (Å²) in [5.74, 6) is 0.491. The Hall–Kier alpha value is -3.34. The Morgan fingerprint density at radius 3 is 2.50 bits per heavy atom. The zero-order valence-corrected chi connectivity index (χ0v) is 27.2. The molecule has 7 nitrogen and oxygen atoms in total. The number of methoxy groups -OCH3 is 1.